The summed E-state index contributed by atoms with van der Waals surface area (Å²) in [5, 5.41) is 2.58. The van der Waals surface area contributed by atoms with E-state index in [2.05, 4.69) is 5.32 Å². The fourth-order valence-electron chi connectivity index (χ4n) is 0.550. The van der Waals surface area contributed by atoms with E-state index in [1.807, 2.05) is 0 Å². The molecule has 0 rings (SSSR count). The van der Waals surface area contributed by atoms with Crippen LogP contribution in [-0.4, -0.2) is 34.5 Å². The lowest BCUT2D eigenvalue weighted by molar-refractivity contribution is -0.118. The molecule has 0 spiro atoms. The van der Waals surface area contributed by atoms with E-state index in [0.717, 1.165) is 6.42 Å². The highest BCUT2D eigenvalue weighted by atomic mass is 35.5. The summed E-state index contributed by atoms with van der Waals surface area (Å²) in [5.41, 5.74) is 0. The zero-order valence-corrected chi connectivity index (χ0v) is 8.00. The number of halogens is 1. The standard InChI is InChI=1S/C6H12ClNO2S/c1-11(10)4-2-3-8-6(9)5-7/h2-5H2,1H3,(H,8,9). The summed E-state index contributed by atoms with van der Waals surface area (Å²) in [7, 11) is -0.767. The molecule has 0 aromatic rings. The van der Waals surface area contributed by atoms with Crippen molar-refractivity contribution in [2.45, 2.75) is 6.42 Å². The number of rotatable bonds is 5. The van der Waals surface area contributed by atoms with Crippen molar-refractivity contribution in [3.05, 3.63) is 0 Å². The third kappa shape index (κ3) is 7.81. The fraction of sp³-hybridized carbons (Fsp3) is 0.833. The van der Waals surface area contributed by atoms with Gasteiger partial charge in [-0.15, -0.1) is 11.6 Å². The lowest BCUT2D eigenvalue weighted by Crippen LogP contribution is -2.26. The molecule has 0 aliphatic heterocycles. The van der Waals surface area contributed by atoms with Gasteiger partial charge in [0.1, 0.15) is 5.88 Å². The van der Waals surface area contributed by atoms with E-state index >= 15 is 0 Å². The Bertz CT molecular complexity index is 152. The smallest absolute Gasteiger partial charge is 0.234 e. The van der Waals surface area contributed by atoms with Crippen LogP contribution in [0.5, 0.6) is 0 Å². The van der Waals surface area contributed by atoms with E-state index in [4.69, 9.17) is 11.6 Å². The molecule has 0 saturated carbocycles. The lowest BCUT2D eigenvalue weighted by atomic mass is 10.5. The molecule has 0 aromatic carbocycles. The quantitative estimate of drug-likeness (QED) is 0.503. The predicted octanol–water partition coefficient (Wildman–Crippen LogP) is 0.110. The van der Waals surface area contributed by atoms with Gasteiger partial charge in [-0.1, -0.05) is 0 Å². The molecule has 0 fully saturated rings. The Morgan fingerprint density at radius 2 is 2.27 bits per heavy atom. The average Bonchev–Trinajstić information content (AvgIpc) is 1.97. The first-order valence-corrected chi connectivity index (χ1v) is 5.55. The largest absolute Gasteiger partial charge is 0.355 e. The summed E-state index contributed by atoms with van der Waals surface area (Å²) in [6, 6.07) is 0. The molecule has 1 amide bonds. The Hall–Kier alpha value is -0.0900. The van der Waals surface area contributed by atoms with Crippen LogP contribution in [0.4, 0.5) is 0 Å². The number of amides is 1. The monoisotopic (exact) mass is 197 g/mol. The van der Waals surface area contributed by atoms with Gasteiger partial charge in [0.05, 0.1) is 0 Å². The number of carbonyl (C=O) groups excluding carboxylic acids is 1. The van der Waals surface area contributed by atoms with E-state index in [0.29, 0.717) is 12.3 Å². The molecule has 1 unspecified atom stereocenters. The van der Waals surface area contributed by atoms with Gasteiger partial charge >= 0.3 is 0 Å². The molecular weight excluding hydrogens is 186 g/mol. The molecule has 1 atom stereocenters. The average molecular weight is 198 g/mol. The zero-order valence-electron chi connectivity index (χ0n) is 6.43. The van der Waals surface area contributed by atoms with E-state index in [1.54, 1.807) is 6.26 Å². The molecule has 0 aliphatic rings. The van der Waals surface area contributed by atoms with Gasteiger partial charge in [-0.2, -0.15) is 0 Å². The first-order chi connectivity index (χ1) is 5.16. The van der Waals surface area contributed by atoms with Crippen LogP contribution in [0.1, 0.15) is 6.42 Å². The van der Waals surface area contributed by atoms with Gasteiger partial charge in [-0.25, -0.2) is 0 Å². The molecule has 0 radical (unpaired) electrons. The fourth-order valence-corrected chi connectivity index (χ4v) is 1.20. The minimum absolute atomic E-state index is 0.00475. The number of hydrogen-bond acceptors (Lipinski definition) is 2. The van der Waals surface area contributed by atoms with Crippen molar-refractivity contribution < 1.29 is 9.00 Å². The van der Waals surface area contributed by atoms with Crippen LogP contribution >= 0.6 is 11.6 Å². The first-order valence-electron chi connectivity index (χ1n) is 3.29. The van der Waals surface area contributed by atoms with Gasteiger partial charge in [0, 0.05) is 29.4 Å². The van der Waals surface area contributed by atoms with Crippen molar-refractivity contribution in [2.75, 3.05) is 24.4 Å². The summed E-state index contributed by atoms with van der Waals surface area (Å²) in [6.07, 6.45) is 2.38. The van der Waals surface area contributed by atoms with Gasteiger partial charge < -0.3 is 5.32 Å². The maximum atomic E-state index is 10.5. The van der Waals surface area contributed by atoms with Crippen molar-refractivity contribution in [2.24, 2.45) is 0 Å². The molecule has 0 heterocycles. The third-order valence-corrected chi connectivity index (χ3v) is 2.16. The molecule has 1 N–H and O–H groups in total. The molecular formula is C6H12ClNO2S. The Kier molecular flexibility index (Phi) is 6.56. The minimum Gasteiger partial charge on any atom is -0.355 e. The maximum Gasteiger partial charge on any atom is 0.234 e. The Morgan fingerprint density at radius 1 is 1.64 bits per heavy atom. The highest BCUT2D eigenvalue weighted by Gasteiger charge is 1.96. The van der Waals surface area contributed by atoms with E-state index < -0.39 is 10.8 Å². The molecule has 5 heteroatoms. The molecule has 66 valence electrons. The van der Waals surface area contributed by atoms with E-state index in [1.165, 1.54) is 0 Å². The van der Waals surface area contributed by atoms with Gasteiger partial charge in [0.15, 0.2) is 0 Å². The molecule has 0 aliphatic carbocycles. The van der Waals surface area contributed by atoms with Gasteiger partial charge in [-0.3, -0.25) is 9.00 Å². The molecule has 0 saturated heterocycles. The van der Waals surface area contributed by atoms with Crippen molar-refractivity contribution in [3.8, 4) is 0 Å². The maximum absolute atomic E-state index is 10.5. The topological polar surface area (TPSA) is 46.2 Å². The van der Waals surface area contributed by atoms with Gasteiger partial charge in [0.25, 0.3) is 0 Å². The zero-order chi connectivity index (χ0) is 8.69. The summed E-state index contributed by atoms with van der Waals surface area (Å²) < 4.78 is 10.5. The summed E-state index contributed by atoms with van der Waals surface area (Å²) in [6.45, 7) is 0.561. The SMILES string of the molecule is CS(=O)CCCNC(=O)CCl. The van der Waals surface area contributed by atoms with Crippen molar-refractivity contribution in [3.63, 3.8) is 0 Å². The van der Waals surface area contributed by atoms with E-state index in [9.17, 15) is 9.00 Å². The van der Waals surface area contributed by atoms with Gasteiger partial charge in [0.2, 0.25) is 5.91 Å². The summed E-state index contributed by atoms with van der Waals surface area (Å²) in [5.74, 6) is 0.450. The van der Waals surface area contributed by atoms with Crippen molar-refractivity contribution in [1.82, 2.24) is 5.32 Å². The highest BCUT2D eigenvalue weighted by molar-refractivity contribution is 7.84. The number of alkyl halides is 1. The highest BCUT2D eigenvalue weighted by Crippen LogP contribution is 1.82. The molecule has 0 bridgehead atoms. The normalized spacial score (nSPS) is 12.5. The number of hydrogen-bond donors (Lipinski definition) is 1. The van der Waals surface area contributed by atoms with E-state index in [-0.39, 0.29) is 11.8 Å². The van der Waals surface area contributed by atoms with Crippen molar-refractivity contribution >= 4 is 28.3 Å². The van der Waals surface area contributed by atoms with Crippen LogP contribution in [0.25, 0.3) is 0 Å². The first kappa shape index (κ1) is 10.9. The second-order valence-corrected chi connectivity index (χ2v) is 3.94. The van der Waals surface area contributed by atoms with Gasteiger partial charge in [-0.05, 0) is 6.42 Å². The molecule has 0 aromatic heterocycles. The third-order valence-electron chi connectivity index (χ3n) is 1.05. The Balaban J connectivity index is 3.14. The van der Waals surface area contributed by atoms with Crippen LogP contribution in [0.2, 0.25) is 0 Å². The number of carbonyl (C=O) groups is 1. The van der Waals surface area contributed by atoms with Crippen LogP contribution < -0.4 is 5.32 Å². The number of nitrogens with one attached hydrogen (secondary N) is 1. The Labute approximate surface area is 74.0 Å². The minimum atomic E-state index is -0.767. The van der Waals surface area contributed by atoms with Crippen LogP contribution in [0.15, 0.2) is 0 Å². The Morgan fingerprint density at radius 3 is 2.73 bits per heavy atom. The van der Waals surface area contributed by atoms with Crippen molar-refractivity contribution in [1.29, 1.82) is 0 Å². The molecule has 11 heavy (non-hydrogen) atoms. The lowest BCUT2D eigenvalue weighted by Gasteiger charge is -2.00. The second-order valence-electron chi connectivity index (χ2n) is 2.11. The predicted molar refractivity (Wildman–Crippen MR) is 47.3 cm³/mol. The van der Waals surface area contributed by atoms with Crippen LogP contribution in [0, 0.1) is 0 Å². The second kappa shape index (κ2) is 6.61. The van der Waals surface area contributed by atoms with Crippen LogP contribution in [0.3, 0.4) is 0 Å². The van der Waals surface area contributed by atoms with Crippen LogP contribution in [-0.2, 0) is 15.6 Å². The summed E-state index contributed by atoms with van der Waals surface area (Å²) >= 11 is 5.22. The molecule has 3 nitrogen and oxygen atoms in total. The summed E-state index contributed by atoms with van der Waals surface area (Å²) in [4.78, 5) is 10.5.